The van der Waals surface area contributed by atoms with Crippen molar-refractivity contribution in [3.63, 3.8) is 0 Å². The van der Waals surface area contributed by atoms with Crippen molar-refractivity contribution in [1.29, 1.82) is 0 Å². The van der Waals surface area contributed by atoms with E-state index in [1.54, 1.807) is 0 Å². The predicted octanol–water partition coefficient (Wildman–Crippen LogP) is 1.68. The summed E-state index contributed by atoms with van der Waals surface area (Å²) in [5, 5.41) is 15.7. The molecule has 114 valence electrons. The van der Waals surface area contributed by atoms with Gasteiger partial charge in [-0.2, -0.15) is 0 Å². The fraction of sp³-hybridized carbons (Fsp3) is 0.692. The normalized spacial score (nSPS) is 12.8. The molecule has 1 heterocycles. The number of thiazole rings is 1. The number of amides is 1. The lowest BCUT2D eigenvalue weighted by Crippen LogP contribution is -2.39. The van der Waals surface area contributed by atoms with Gasteiger partial charge in [0, 0.05) is 18.7 Å². The van der Waals surface area contributed by atoms with Crippen LogP contribution in [0.1, 0.15) is 43.8 Å². The lowest BCUT2D eigenvalue weighted by atomic mass is 10.0. The van der Waals surface area contributed by atoms with Gasteiger partial charge >= 0.3 is 0 Å². The standard InChI is InChI=1S/C13H24N4O2S/c1-7(2)9(5-6-18)16-12(19)10-11(14)17-13(20-10)15-8(3)4/h7-9,18H,5-6,14H2,1-4H3,(H,15,17)(H,16,19). The van der Waals surface area contributed by atoms with Crippen molar-refractivity contribution < 1.29 is 9.90 Å². The molecule has 0 bridgehead atoms. The van der Waals surface area contributed by atoms with Crippen LogP contribution in [0.5, 0.6) is 0 Å². The van der Waals surface area contributed by atoms with Crippen LogP contribution < -0.4 is 16.4 Å². The Bertz CT molecular complexity index is 446. The second-order valence-corrected chi connectivity index (χ2v) is 6.37. The maximum absolute atomic E-state index is 12.2. The maximum atomic E-state index is 12.2. The van der Waals surface area contributed by atoms with E-state index in [4.69, 9.17) is 10.8 Å². The van der Waals surface area contributed by atoms with E-state index < -0.39 is 0 Å². The number of aliphatic hydroxyl groups excluding tert-OH is 1. The van der Waals surface area contributed by atoms with Crippen LogP contribution in [0.4, 0.5) is 10.9 Å². The Morgan fingerprint density at radius 2 is 2.05 bits per heavy atom. The third kappa shape index (κ3) is 4.64. The number of anilines is 2. The number of hydrogen-bond acceptors (Lipinski definition) is 6. The molecular weight excluding hydrogens is 276 g/mol. The first-order valence-corrected chi connectivity index (χ1v) is 7.61. The van der Waals surface area contributed by atoms with E-state index in [0.29, 0.717) is 16.4 Å². The van der Waals surface area contributed by atoms with Crippen molar-refractivity contribution in [2.24, 2.45) is 5.92 Å². The average molecular weight is 300 g/mol. The molecule has 7 heteroatoms. The molecule has 1 aromatic heterocycles. The van der Waals surface area contributed by atoms with Gasteiger partial charge in [0.2, 0.25) is 0 Å². The zero-order chi connectivity index (χ0) is 15.3. The quantitative estimate of drug-likeness (QED) is 0.614. The van der Waals surface area contributed by atoms with E-state index in [1.807, 2.05) is 27.7 Å². The number of nitrogen functional groups attached to an aromatic ring is 1. The lowest BCUT2D eigenvalue weighted by molar-refractivity contribution is 0.0921. The van der Waals surface area contributed by atoms with E-state index >= 15 is 0 Å². The third-order valence-corrected chi connectivity index (χ3v) is 3.83. The number of aliphatic hydroxyl groups is 1. The van der Waals surface area contributed by atoms with Crippen LogP contribution in [-0.2, 0) is 0 Å². The predicted molar refractivity (Wildman–Crippen MR) is 83.1 cm³/mol. The van der Waals surface area contributed by atoms with E-state index in [-0.39, 0.29) is 36.3 Å². The fourth-order valence-corrected chi connectivity index (χ4v) is 2.68. The van der Waals surface area contributed by atoms with Crippen LogP contribution in [0.15, 0.2) is 0 Å². The summed E-state index contributed by atoms with van der Waals surface area (Å²) in [6, 6.07) is 0.157. The van der Waals surface area contributed by atoms with Gasteiger partial charge in [0.15, 0.2) is 5.13 Å². The van der Waals surface area contributed by atoms with Gasteiger partial charge in [0.25, 0.3) is 5.91 Å². The highest BCUT2D eigenvalue weighted by Gasteiger charge is 2.21. The molecule has 1 unspecified atom stereocenters. The number of carbonyl (C=O) groups excluding carboxylic acids is 1. The summed E-state index contributed by atoms with van der Waals surface area (Å²) in [7, 11) is 0. The lowest BCUT2D eigenvalue weighted by Gasteiger charge is -2.21. The Morgan fingerprint density at radius 1 is 1.40 bits per heavy atom. The van der Waals surface area contributed by atoms with Crippen molar-refractivity contribution in [1.82, 2.24) is 10.3 Å². The Labute approximate surface area is 123 Å². The molecule has 1 amide bonds. The molecule has 0 radical (unpaired) electrons. The minimum atomic E-state index is -0.232. The smallest absolute Gasteiger partial charge is 0.265 e. The summed E-state index contributed by atoms with van der Waals surface area (Å²) in [5.74, 6) is 0.250. The number of carbonyl (C=O) groups is 1. The van der Waals surface area contributed by atoms with Gasteiger partial charge < -0.3 is 21.5 Å². The Balaban J connectivity index is 2.78. The molecule has 5 N–H and O–H groups in total. The number of rotatable bonds is 7. The van der Waals surface area contributed by atoms with Crippen LogP contribution in [0, 0.1) is 5.92 Å². The highest BCUT2D eigenvalue weighted by molar-refractivity contribution is 7.18. The molecule has 0 aromatic carbocycles. The molecule has 0 aliphatic carbocycles. The number of nitrogens with two attached hydrogens (primary N) is 1. The van der Waals surface area contributed by atoms with E-state index in [1.165, 1.54) is 11.3 Å². The second kappa shape index (κ2) is 7.44. The summed E-state index contributed by atoms with van der Waals surface area (Å²) in [6.07, 6.45) is 0.527. The zero-order valence-electron chi connectivity index (χ0n) is 12.4. The van der Waals surface area contributed by atoms with Crippen molar-refractivity contribution in [2.45, 2.75) is 46.2 Å². The van der Waals surface area contributed by atoms with Crippen LogP contribution in [0.25, 0.3) is 0 Å². The number of nitrogens with one attached hydrogen (secondary N) is 2. The van der Waals surface area contributed by atoms with Crippen molar-refractivity contribution in [3.8, 4) is 0 Å². The van der Waals surface area contributed by atoms with Gasteiger partial charge in [-0.25, -0.2) is 4.98 Å². The summed E-state index contributed by atoms with van der Waals surface area (Å²) >= 11 is 1.25. The Hall–Kier alpha value is -1.34. The van der Waals surface area contributed by atoms with Gasteiger partial charge in [-0.3, -0.25) is 4.79 Å². The molecule has 1 rings (SSSR count). The third-order valence-electron chi connectivity index (χ3n) is 2.83. The molecule has 0 spiro atoms. The van der Waals surface area contributed by atoms with Gasteiger partial charge in [0.1, 0.15) is 10.7 Å². The summed E-state index contributed by atoms with van der Waals surface area (Å²) in [6.45, 7) is 8.03. The van der Waals surface area contributed by atoms with Crippen LogP contribution >= 0.6 is 11.3 Å². The SMILES string of the molecule is CC(C)Nc1nc(N)c(C(=O)NC(CCO)C(C)C)s1. The monoisotopic (exact) mass is 300 g/mol. The van der Waals surface area contributed by atoms with Crippen molar-refractivity contribution in [3.05, 3.63) is 4.88 Å². The van der Waals surface area contributed by atoms with Gasteiger partial charge in [-0.15, -0.1) is 0 Å². The molecule has 0 aliphatic rings. The largest absolute Gasteiger partial charge is 0.396 e. The molecular formula is C13H24N4O2S. The first-order valence-electron chi connectivity index (χ1n) is 6.79. The van der Waals surface area contributed by atoms with E-state index in [2.05, 4.69) is 15.6 Å². The minimum Gasteiger partial charge on any atom is -0.396 e. The number of nitrogens with zero attached hydrogens (tertiary/aromatic N) is 1. The molecule has 20 heavy (non-hydrogen) atoms. The average Bonchev–Trinajstić information content (AvgIpc) is 2.68. The molecule has 1 aromatic rings. The molecule has 1 atom stereocenters. The van der Waals surface area contributed by atoms with Gasteiger partial charge in [-0.1, -0.05) is 25.2 Å². The Kier molecular flexibility index (Phi) is 6.22. The topological polar surface area (TPSA) is 100 Å². The summed E-state index contributed by atoms with van der Waals surface area (Å²) in [4.78, 5) is 16.8. The minimum absolute atomic E-state index is 0.0431. The fourth-order valence-electron chi connectivity index (χ4n) is 1.75. The van der Waals surface area contributed by atoms with Gasteiger partial charge in [-0.05, 0) is 26.2 Å². The first-order chi connectivity index (χ1) is 9.35. The van der Waals surface area contributed by atoms with Crippen LogP contribution in [0.3, 0.4) is 0 Å². The first kappa shape index (κ1) is 16.7. The maximum Gasteiger partial charge on any atom is 0.265 e. The van der Waals surface area contributed by atoms with E-state index in [9.17, 15) is 4.79 Å². The second-order valence-electron chi connectivity index (χ2n) is 5.37. The highest BCUT2D eigenvalue weighted by Crippen LogP contribution is 2.25. The zero-order valence-corrected chi connectivity index (χ0v) is 13.3. The summed E-state index contributed by atoms with van der Waals surface area (Å²) < 4.78 is 0. The summed E-state index contributed by atoms with van der Waals surface area (Å²) in [5.41, 5.74) is 5.79. The molecule has 6 nitrogen and oxygen atoms in total. The Morgan fingerprint density at radius 3 is 2.55 bits per heavy atom. The molecule has 0 saturated carbocycles. The van der Waals surface area contributed by atoms with Crippen LogP contribution in [-0.4, -0.2) is 34.7 Å². The van der Waals surface area contributed by atoms with E-state index in [0.717, 1.165) is 0 Å². The van der Waals surface area contributed by atoms with Gasteiger partial charge in [0.05, 0.1) is 0 Å². The van der Waals surface area contributed by atoms with Crippen molar-refractivity contribution in [2.75, 3.05) is 17.7 Å². The highest BCUT2D eigenvalue weighted by atomic mass is 32.1. The number of hydrogen-bond donors (Lipinski definition) is 4. The number of aromatic nitrogens is 1. The molecule has 0 saturated heterocycles. The van der Waals surface area contributed by atoms with Crippen LogP contribution in [0.2, 0.25) is 0 Å². The van der Waals surface area contributed by atoms with Crippen molar-refractivity contribution >= 4 is 28.2 Å². The molecule has 0 fully saturated rings. The molecule has 0 aliphatic heterocycles.